The Bertz CT molecular complexity index is 1180. The Balaban J connectivity index is 0.00000136. The third-order valence-corrected chi connectivity index (χ3v) is 5.60. The van der Waals surface area contributed by atoms with E-state index in [1.54, 1.807) is 0 Å². The number of nitrogens with zero attached hydrogens (tertiary/aromatic N) is 5. The van der Waals surface area contributed by atoms with Gasteiger partial charge in [0.25, 0.3) is 0 Å². The molecule has 4 heterocycles. The Labute approximate surface area is 192 Å². The van der Waals surface area contributed by atoms with E-state index in [0.717, 1.165) is 24.1 Å². The number of pyridine rings is 2. The Hall–Kier alpha value is -2.48. The van der Waals surface area contributed by atoms with Gasteiger partial charge in [0.05, 0.1) is 0 Å². The second-order valence-electron chi connectivity index (χ2n) is 7.72. The predicted molar refractivity (Wildman–Crippen MR) is 124 cm³/mol. The maximum atomic E-state index is 15.1. The molecule has 0 radical (unpaired) electrons. The van der Waals surface area contributed by atoms with Crippen molar-refractivity contribution in [1.29, 1.82) is 0 Å². The summed E-state index contributed by atoms with van der Waals surface area (Å²) in [6.07, 6.45) is 2.88. The maximum absolute atomic E-state index is 15.1. The van der Waals surface area contributed by atoms with Gasteiger partial charge in [-0.15, -0.1) is 35.0 Å². The van der Waals surface area contributed by atoms with E-state index in [-0.39, 0.29) is 31.4 Å². The first-order valence-corrected chi connectivity index (χ1v) is 9.82. The molecule has 31 heavy (non-hydrogen) atoms. The third-order valence-electron chi connectivity index (χ3n) is 5.60. The summed E-state index contributed by atoms with van der Waals surface area (Å²) in [6, 6.07) is 15.4. The molecular formula is C22H24Cl2FN5O. The van der Waals surface area contributed by atoms with Crippen LogP contribution < -0.4 is 4.74 Å². The number of rotatable bonds is 4. The number of alkyl halides is 1. The molecule has 0 N–H and O–H groups in total. The van der Waals surface area contributed by atoms with Crippen molar-refractivity contribution in [2.75, 3.05) is 26.7 Å². The number of ether oxygens (including phenoxy) is 1. The van der Waals surface area contributed by atoms with Crippen LogP contribution in [0.5, 0.6) is 5.75 Å². The summed E-state index contributed by atoms with van der Waals surface area (Å²) < 4.78 is 23.0. The van der Waals surface area contributed by atoms with Gasteiger partial charge in [-0.3, -0.25) is 4.40 Å². The molecule has 0 bridgehead atoms. The van der Waals surface area contributed by atoms with E-state index in [0.29, 0.717) is 35.6 Å². The van der Waals surface area contributed by atoms with Gasteiger partial charge in [-0.1, -0.05) is 24.3 Å². The van der Waals surface area contributed by atoms with Crippen LogP contribution in [0.2, 0.25) is 0 Å². The minimum absolute atomic E-state index is 0. The van der Waals surface area contributed by atoms with Crippen molar-refractivity contribution in [2.45, 2.75) is 18.5 Å². The van der Waals surface area contributed by atoms with Gasteiger partial charge in [0.15, 0.2) is 11.5 Å². The standard InChI is InChI=1S/C22H22FN5O.2ClH/c1-27-13-10-22(23,11-14-27)15-29-18-6-4-5-16-8-9-17(24-20(16)18)21-26-25-19-7-2-3-12-28(19)21;;/h2-9,12H,10-11,13-15H2,1H3;2*1H. The molecule has 1 aliphatic rings. The number of hydrogen-bond donors (Lipinski definition) is 0. The minimum atomic E-state index is -1.30. The average molecular weight is 464 g/mol. The van der Waals surface area contributed by atoms with Crippen molar-refractivity contribution in [2.24, 2.45) is 0 Å². The second-order valence-corrected chi connectivity index (χ2v) is 7.72. The van der Waals surface area contributed by atoms with Gasteiger partial charge in [-0.25, -0.2) is 9.37 Å². The highest BCUT2D eigenvalue weighted by atomic mass is 35.5. The fraction of sp³-hybridized carbons (Fsp3) is 0.318. The number of aromatic nitrogens is 4. The van der Waals surface area contributed by atoms with Gasteiger partial charge in [-0.2, -0.15) is 0 Å². The SMILES string of the molecule is CN1CCC(F)(COc2cccc3ccc(-c4nnc5ccccn45)nc23)CC1.Cl.Cl. The van der Waals surface area contributed by atoms with Crippen LogP contribution in [0.15, 0.2) is 54.7 Å². The Morgan fingerprint density at radius 1 is 1.00 bits per heavy atom. The number of benzene rings is 1. The number of fused-ring (bicyclic) bond motifs is 2. The first-order chi connectivity index (χ1) is 14.1. The smallest absolute Gasteiger partial charge is 0.187 e. The molecule has 0 aliphatic carbocycles. The molecular weight excluding hydrogens is 440 g/mol. The number of piperidine rings is 1. The van der Waals surface area contributed by atoms with E-state index in [1.165, 1.54) is 0 Å². The van der Waals surface area contributed by atoms with Crippen molar-refractivity contribution >= 4 is 41.4 Å². The number of para-hydroxylation sites is 1. The lowest BCUT2D eigenvalue weighted by Crippen LogP contribution is -2.43. The molecule has 5 rings (SSSR count). The minimum Gasteiger partial charge on any atom is -0.488 e. The summed E-state index contributed by atoms with van der Waals surface area (Å²) in [5.74, 6) is 1.25. The fourth-order valence-electron chi connectivity index (χ4n) is 3.75. The highest BCUT2D eigenvalue weighted by Gasteiger charge is 2.34. The van der Waals surface area contributed by atoms with E-state index in [1.807, 2.05) is 66.2 Å². The van der Waals surface area contributed by atoms with Crippen molar-refractivity contribution in [3.05, 3.63) is 54.7 Å². The normalized spacial score (nSPS) is 15.9. The molecule has 1 saturated heterocycles. The molecule has 0 unspecified atom stereocenters. The first-order valence-electron chi connectivity index (χ1n) is 9.82. The van der Waals surface area contributed by atoms with Crippen LogP contribution in [0.4, 0.5) is 4.39 Å². The zero-order valence-electron chi connectivity index (χ0n) is 17.1. The van der Waals surface area contributed by atoms with Gasteiger partial charge < -0.3 is 9.64 Å². The molecule has 6 nitrogen and oxygen atoms in total. The highest BCUT2D eigenvalue weighted by molar-refractivity contribution is 5.86. The summed E-state index contributed by atoms with van der Waals surface area (Å²) in [5.41, 5.74) is 0.862. The van der Waals surface area contributed by atoms with Gasteiger partial charge in [0.2, 0.25) is 0 Å². The largest absolute Gasteiger partial charge is 0.488 e. The summed E-state index contributed by atoms with van der Waals surface area (Å²) in [5, 5.41) is 9.42. The third kappa shape index (κ3) is 4.59. The van der Waals surface area contributed by atoms with E-state index < -0.39 is 5.67 Å². The maximum Gasteiger partial charge on any atom is 0.187 e. The molecule has 3 aromatic heterocycles. The van der Waals surface area contributed by atoms with Crippen molar-refractivity contribution < 1.29 is 9.13 Å². The highest BCUT2D eigenvalue weighted by Crippen LogP contribution is 2.31. The number of halogens is 3. The van der Waals surface area contributed by atoms with Crippen LogP contribution in [0, 0.1) is 0 Å². The lowest BCUT2D eigenvalue weighted by Gasteiger charge is -2.34. The topological polar surface area (TPSA) is 55.5 Å². The summed E-state index contributed by atoms with van der Waals surface area (Å²) in [7, 11) is 2.02. The molecule has 0 spiro atoms. The molecule has 4 aromatic rings. The molecule has 164 valence electrons. The molecule has 0 atom stereocenters. The molecule has 9 heteroatoms. The zero-order chi connectivity index (χ0) is 19.8. The zero-order valence-corrected chi connectivity index (χ0v) is 18.7. The summed E-state index contributed by atoms with van der Waals surface area (Å²) >= 11 is 0. The predicted octanol–water partition coefficient (Wildman–Crippen LogP) is 4.60. The van der Waals surface area contributed by atoms with E-state index >= 15 is 4.39 Å². The number of hydrogen-bond acceptors (Lipinski definition) is 5. The van der Waals surface area contributed by atoms with Crippen LogP contribution >= 0.6 is 24.8 Å². The molecule has 0 saturated carbocycles. The molecule has 1 aliphatic heterocycles. The van der Waals surface area contributed by atoms with Crippen LogP contribution in [0.1, 0.15) is 12.8 Å². The Kier molecular flexibility index (Phi) is 6.99. The van der Waals surface area contributed by atoms with Crippen LogP contribution in [-0.2, 0) is 0 Å². The van der Waals surface area contributed by atoms with Gasteiger partial charge in [0.1, 0.15) is 29.2 Å². The Morgan fingerprint density at radius 2 is 1.81 bits per heavy atom. The van der Waals surface area contributed by atoms with Gasteiger partial charge in [-0.05, 0) is 44.2 Å². The lowest BCUT2D eigenvalue weighted by molar-refractivity contribution is 0.0249. The molecule has 1 aromatic carbocycles. The number of likely N-dealkylation sites (tertiary alicyclic amines) is 1. The van der Waals surface area contributed by atoms with E-state index in [9.17, 15) is 0 Å². The van der Waals surface area contributed by atoms with E-state index in [2.05, 4.69) is 15.1 Å². The summed E-state index contributed by atoms with van der Waals surface area (Å²) in [6.45, 7) is 1.54. The van der Waals surface area contributed by atoms with Crippen molar-refractivity contribution in [3.8, 4) is 17.3 Å². The quantitative estimate of drug-likeness (QED) is 0.442. The average Bonchev–Trinajstić information content (AvgIpc) is 3.18. The molecule has 1 fully saturated rings. The van der Waals surface area contributed by atoms with Crippen LogP contribution in [0.3, 0.4) is 0 Å². The van der Waals surface area contributed by atoms with Gasteiger partial charge in [0, 0.05) is 24.7 Å². The van der Waals surface area contributed by atoms with E-state index in [4.69, 9.17) is 9.72 Å². The fourth-order valence-corrected chi connectivity index (χ4v) is 3.75. The second kappa shape index (κ2) is 9.34. The van der Waals surface area contributed by atoms with Crippen molar-refractivity contribution in [1.82, 2.24) is 24.5 Å². The van der Waals surface area contributed by atoms with Crippen molar-refractivity contribution in [3.63, 3.8) is 0 Å². The molecule has 0 amide bonds. The van der Waals surface area contributed by atoms with Gasteiger partial charge >= 0.3 is 0 Å². The Morgan fingerprint density at radius 3 is 2.61 bits per heavy atom. The lowest BCUT2D eigenvalue weighted by atomic mass is 9.94. The first kappa shape index (κ1) is 23.2. The van der Waals surface area contributed by atoms with Crippen LogP contribution in [0.25, 0.3) is 28.1 Å². The summed E-state index contributed by atoms with van der Waals surface area (Å²) in [4.78, 5) is 6.93. The van der Waals surface area contributed by atoms with Crippen LogP contribution in [-0.4, -0.2) is 56.9 Å². The monoisotopic (exact) mass is 463 g/mol.